The molecule has 0 radical (unpaired) electrons. The number of aliphatic hydroxyl groups is 1. The molecule has 1 unspecified atom stereocenters. The van der Waals surface area contributed by atoms with Crippen molar-refractivity contribution in [3.8, 4) is 0 Å². The number of nitrogens with zero attached hydrogens (tertiary/aromatic N) is 2. The summed E-state index contributed by atoms with van der Waals surface area (Å²) in [5, 5.41) is 8.92. The Labute approximate surface area is 68.7 Å². The molecule has 0 spiro atoms. The van der Waals surface area contributed by atoms with Gasteiger partial charge in [-0.3, -0.25) is 14.5 Å². The van der Waals surface area contributed by atoms with E-state index in [2.05, 4.69) is 9.97 Å². The third-order valence-corrected chi connectivity index (χ3v) is 1.92. The van der Waals surface area contributed by atoms with Gasteiger partial charge < -0.3 is 5.11 Å². The Morgan fingerprint density at radius 2 is 2.08 bits per heavy atom. The molecule has 1 aromatic heterocycles. The van der Waals surface area contributed by atoms with Crippen LogP contribution in [0, 0.1) is 0 Å². The summed E-state index contributed by atoms with van der Waals surface area (Å²) in [6.07, 6.45) is 3.59. The van der Waals surface area contributed by atoms with Gasteiger partial charge in [0.25, 0.3) is 10.1 Å². The average molecular weight is 190 g/mol. The van der Waals surface area contributed by atoms with E-state index in [0.717, 1.165) is 6.20 Å². The van der Waals surface area contributed by atoms with Crippen LogP contribution in [0.15, 0.2) is 18.6 Å². The van der Waals surface area contributed by atoms with Gasteiger partial charge in [-0.15, -0.1) is 0 Å². The second-order valence-corrected chi connectivity index (χ2v) is 3.47. The van der Waals surface area contributed by atoms with Crippen LogP contribution in [0.3, 0.4) is 0 Å². The van der Waals surface area contributed by atoms with Crippen LogP contribution in [-0.4, -0.2) is 28.0 Å². The standard InChI is InChI=1S/C5H6N2O4S/c8-5(12(9,10)11)4-3-6-1-2-7-4/h1-3,5,8H,(H,9,10,11). The SMILES string of the molecule is O=S(=O)(O)C(O)c1cnccn1. The van der Waals surface area contributed by atoms with Crippen molar-refractivity contribution in [2.75, 3.05) is 0 Å². The van der Waals surface area contributed by atoms with Gasteiger partial charge in [-0.25, -0.2) is 0 Å². The second-order valence-electron chi connectivity index (χ2n) is 2.00. The van der Waals surface area contributed by atoms with Crippen molar-refractivity contribution in [2.45, 2.75) is 5.44 Å². The number of aliphatic hydroxyl groups excluding tert-OH is 1. The molecular formula is C5H6N2O4S. The van der Waals surface area contributed by atoms with E-state index in [4.69, 9.17) is 9.66 Å². The third-order valence-electron chi connectivity index (χ3n) is 1.12. The van der Waals surface area contributed by atoms with E-state index in [1.165, 1.54) is 12.4 Å². The van der Waals surface area contributed by atoms with Crippen LogP contribution in [0.5, 0.6) is 0 Å². The Balaban J connectivity index is 3.02. The van der Waals surface area contributed by atoms with Crippen molar-refractivity contribution >= 4 is 10.1 Å². The molecule has 0 aliphatic heterocycles. The van der Waals surface area contributed by atoms with E-state index in [1.54, 1.807) is 0 Å². The minimum Gasteiger partial charge on any atom is -0.370 e. The highest BCUT2D eigenvalue weighted by molar-refractivity contribution is 7.85. The molecule has 0 aromatic carbocycles. The first-order valence-corrected chi connectivity index (χ1v) is 4.42. The monoisotopic (exact) mass is 190 g/mol. The van der Waals surface area contributed by atoms with Gasteiger partial charge in [-0.2, -0.15) is 8.42 Å². The van der Waals surface area contributed by atoms with Crippen LogP contribution in [0.4, 0.5) is 0 Å². The fraction of sp³-hybridized carbons (Fsp3) is 0.200. The van der Waals surface area contributed by atoms with Crippen LogP contribution in [0.25, 0.3) is 0 Å². The van der Waals surface area contributed by atoms with Gasteiger partial charge in [-0.1, -0.05) is 0 Å². The van der Waals surface area contributed by atoms with Gasteiger partial charge in [0.05, 0.1) is 6.20 Å². The van der Waals surface area contributed by atoms with Gasteiger partial charge in [0.1, 0.15) is 5.69 Å². The highest BCUT2D eigenvalue weighted by Gasteiger charge is 2.22. The third kappa shape index (κ3) is 1.97. The van der Waals surface area contributed by atoms with Gasteiger partial charge in [0.15, 0.2) is 0 Å². The largest absolute Gasteiger partial charge is 0.370 e. The summed E-state index contributed by atoms with van der Waals surface area (Å²) in [5.41, 5.74) is -2.23. The minimum absolute atomic E-state index is 0.208. The molecule has 0 fully saturated rings. The quantitative estimate of drug-likeness (QED) is 0.601. The van der Waals surface area contributed by atoms with E-state index < -0.39 is 15.6 Å². The van der Waals surface area contributed by atoms with Crippen LogP contribution < -0.4 is 0 Å². The van der Waals surface area contributed by atoms with Crippen LogP contribution in [0.2, 0.25) is 0 Å². The Morgan fingerprint density at radius 1 is 1.42 bits per heavy atom. The first-order valence-electron chi connectivity index (χ1n) is 2.92. The molecule has 0 bridgehead atoms. The zero-order chi connectivity index (χ0) is 9.19. The molecular weight excluding hydrogens is 184 g/mol. The van der Waals surface area contributed by atoms with Crippen molar-refractivity contribution in [2.24, 2.45) is 0 Å². The van der Waals surface area contributed by atoms with Crippen molar-refractivity contribution in [1.82, 2.24) is 9.97 Å². The predicted molar refractivity (Wildman–Crippen MR) is 38.5 cm³/mol. The fourth-order valence-electron chi connectivity index (χ4n) is 0.591. The van der Waals surface area contributed by atoms with Crippen LogP contribution in [0.1, 0.15) is 11.1 Å². The lowest BCUT2D eigenvalue weighted by atomic mass is 10.5. The minimum atomic E-state index is -4.50. The van der Waals surface area contributed by atoms with E-state index in [9.17, 15) is 8.42 Å². The first kappa shape index (κ1) is 9.04. The van der Waals surface area contributed by atoms with E-state index in [-0.39, 0.29) is 5.69 Å². The van der Waals surface area contributed by atoms with Crippen LogP contribution >= 0.6 is 0 Å². The molecule has 1 rings (SSSR count). The molecule has 0 saturated carbocycles. The molecule has 0 aliphatic carbocycles. The fourth-order valence-corrected chi connectivity index (χ4v) is 1.02. The van der Waals surface area contributed by atoms with Crippen molar-refractivity contribution in [3.63, 3.8) is 0 Å². The summed E-state index contributed by atoms with van der Waals surface area (Å²) in [5.74, 6) is 0. The second kappa shape index (κ2) is 3.13. The molecule has 1 atom stereocenters. The lowest BCUT2D eigenvalue weighted by molar-refractivity contribution is 0.233. The summed E-state index contributed by atoms with van der Waals surface area (Å²) in [4.78, 5) is 7.01. The number of aromatic nitrogens is 2. The van der Waals surface area contributed by atoms with Crippen molar-refractivity contribution in [1.29, 1.82) is 0 Å². The molecule has 0 saturated heterocycles. The van der Waals surface area contributed by atoms with E-state index >= 15 is 0 Å². The molecule has 2 N–H and O–H groups in total. The molecule has 66 valence electrons. The molecule has 7 heteroatoms. The Bertz CT molecular complexity index is 349. The topological polar surface area (TPSA) is 100 Å². The van der Waals surface area contributed by atoms with Gasteiger partial charge in [-0.05, 0) is 0 Å². The molecule has 0 aliphatic rings. The number of rotatable bonds is 2. The van der Waals surface area contributed by atoms with Crippen LogP contribution in [-0.2, 0) is 10.1 Å². The maximum Gasteiger partial charge on any atom is 0.298 e. The Hall–Kier alpha value is -1.05. The highest BCUT2D eigenvalue weighted by Crippen LogP contribution is 2.13. The molecule has 1 aromatic rings. The summed E-state index contributed by atoms with van der Waals surface area (Å²) in [7, 11) is -4.50. The zero-order valence-electron chi connectivity index (χ0n) is 5.82. The molecule has 6 nitrogen and oxygen atoms in total. The Morgan fingerprint density at radius 3 is 2.50 bits per heavy atom. The highest BCUT2D eigenvalue weighted by atomic mass is 32.2. The van der Waals surface area contributed by atoms with Gasteiger partial charge in [0.2, 0.25) is 5.44 Å². The maximum atomic E-state index is 10.4. The summed E-state index contributed by atoms with van der Waals surface area (Å²) >= 11 is 0. The average Bonchev–Trinajstić information content (AvgIpc) is 2.03. The van der Waals surface area contributed by atoms with E-state index in [0.29, 0.717) is 0 Å². The molecule has 1 heterocycles. The van der Waals surface area contributed by atoms with Crippen molar-refractivity contribution < 1.29 is 18.1 Å². The normalized spacial score (nSPS) is 14.2. The summed E-state index contributed by atoms with van der Waals surface area (Å²) < 4.78 is 29.1. The smallest absolute Gasteiger partial charge is 0.298 e. The maximum absolute atomic E-state index is 10.4. The lowest BCUT2D eigenvalue weighted by Crippen LogP contribution is -2.12. The zero-order valence-corrected chi connectivity index (χ0v) is 6.64. The summed E-state index contributed by atoms with van der Waals surface area (Å²) in [6.45, 7) is 0. The van der Waals surface area contributed by atoms with Crippen molar-refractivity contribution in [3.05, 3.63) is 24.3 Å². The number of hydrogen-bond acceptors (Lipinski definition) is 5. The van der Waals surface area contributed by atoms with Gasteiger partial charge in [0, 0.05) is 12.4 Å². The summed E-state index contributed by atoms with van der Waals surface area (Å²) in [6, 6.07) is 0. The van der Waals surface area contributed by atoms with E-state index in [1.807, 2.05) is 0 Å². The number of hydrogen-bond donors (Lipinski definition) is 2. The molecule has 0 amide bonds. The predicted octanol–water partition coefficient (Wildman–Crippen LogP) is -0.645. The lowest BCUT2D eigenvalue weighted by Gasteiger charge is -2.03. The Kier molecular flexibility index (Phi) is 2.36. The van der Waals surface area contributed by atoms with Gasteiger partial charge >= 0.3 is 0 Å². The molecule has 12 heavy (non-hydrogen) atoms. The first-order chi connectivity index (χ1) is 5.52.